The van der Waals surface area contributed by atoms with Gasteiger partial charge in [0.1, 0.15) is 17.4 Å². The third-order valence-electron chi connectivity index (χ3n) is 4.53. The number of alkyl halides is 5. The zero-order chi connectivity index (χ0) is 24.3. The van der Waals surface area contributed by atoms with Gasteiger partial charge in [0.15, 0.2) is 0 Å². The summed E-state index contributed by atoms with van der Waals surface area (Å²) in [5, 5.41) is 14.4. The van der Waals surface area contributed by atoms with Crippen molar-refractivity contribution in [1.29, 1.82) is 0 Å². The van der Waals surface area contributed by atoms with E-state index < -0.39 is 48.1 Å². The van der Waals surface area contributed by atoms with Crippen molar-refractivity contribution in [2.45, 2.75) is 25.3 Å². The van der Waals surface area contributed by atoms with Crippen molar-refractivity contribution in [3.8, 4) is 16.9 Å². The quantitative estimate of drug-likeness (QED) is 0.516. The van der Waals surface area contributed by atoms with Crippen molar-refractivity contribution in [3.05, 3.63) is 81.9 Å². The standard InChI is InChI=1S/C21H15F6N3O3/c22-12-2-1-3-13(8-12)30-21(33)14(20(32)28-16(18(25)26)19(27)31)9-15(29-30)10-4-6-11(7-5-10)17(23)24/h1-9,16-19,31H,(H,28,32)/t16-,19?/m0/s1. The summed E-state index contributed by atoms with van der Waals surface area (Å²) in [4.78, 5) is 25.4. The molecule has 174 valence electrons. The smallest absolute Gasteiger partial charge is 0.284 e. The molecule has 0 spiro atoms. The van der Waals surface area contributed by atoms with E-state index in [1.54, 1.807) is 0 Å². The molecule has 0 aliphatic heterocycles. The van der Waals surface area contributed by atoms with Crippen molar-refractivity contribution in [3.63, 3.8) is 0 Å². The molecule has 1 aromatic heterocycles. The van der Waals surface area contributed by atoms with Gasteiger partial charge in [0, 0.05) is 11.1 Å². The van der Waals surface area contributed by atoms with E-state index >= 15 is 0 Å². The van der Waals surface area contributed by atoms with Crippen LogP contribution in [0.3, 0.4) is 0 Å². The predicted octanol–water partition coefficient (Wildman–Crippen LogP) is 3.63. The molecule has 6 nitrogen and oxygen atoms in total. The lowest BCUT2D eigenvalue weighted by atomic mass is 10.1. The fraction of sp³-hybridized carbons (Fsp3) is 0.190. The topological polar surface area (TPSA) is 84.2 Å². The van der Waals surface area contributed by atoms with Crippen LogP contribution < -0.4 is 10.9 Å². The van der Waals surface area contributed by atoms with E-state index in [4.69, 9.17) is 5.11 Å². The van der Waals surface area contributed by atoms with Gasteiger partial charge in [0.05, 0.1) is 11.4 Å². The number of hydrogen-bond donors (Lipinski definition) is 2. The van der Waals surface area contributed by atoms with Crippen LogP contribution in [0.15, 0.2) is 59.4 Å². The third-order valence-corrected chi connectivity index (χ3v) is 4.53. The van der Waals surface area contributed by atoms with E-state index in [1.165, 1.54) is 29.6 Å². The average molecular weight is 471 g/mol. The number of carbonyl (C=O) groups excluding carboxylic acids is 1. The van der Waals surface area contributed by atoms with Crippen LogP contribution in [0.25, 0.3) is 16.9 Å². The Balaban J connectivity index is 2.15. The molecule has 2 atom stereocenters. The van der Waals surface area contributed by atoms with Crippen LogP contribution in [0.5, 0.6) is 0 Å². The van der Waals surface area contributed by atoms with E-state index in [2.05, 4.69) is 5.10 Å². The van der Waals surface area contributed by atoms with Gasteiger partial charge in [-0.1, -0.05) is 30.3 Å². The Bertz CT molecular complexity index is 1190. The van der Waals surface area contributed by atoms with Gasteiger partial charge in [-0.15, -0.1) is 0 Å². The molecule has 0 radical (unpaired) electrons. The summed E-state index contributed by atoms with van der Waals surface area (Å²) in [5.41, 5.74) is -2.35. The highest BCUT2D eigenvalue weighted by molar-refractivity contribution is 5.95. The Morgan fingerprint density at radius 1 is 1.00 bits per heavy atom. The van der Waals surface area contributed by atoms with Crippen LogP contribution in [-0.2, 0) is 0 Å². The molecular weight excluding hydrogens is 456 g/mol. The number of aliphatic hydroxyl groups is 1. The number of carbonyl (C=O) groups is 1. The SMILES string of the molecule is O=C(N[C@H](C(O)F)C(F)F)c1cc(-c2ccc(C(F)F)cc2)nn(-c2cccc(F)c2)c1=O. The van der Waals surface area contributed by atoms with E-state index in [0.717, 1.165) is 30.3 Å². The van der Waals surface area contributed by atoms with E-state index in [9.17, 15) is 35.9 Å². The zero-order valence-electron chi connectivity index (χ0n) is 16.4. The van der Waals surface area contributed by atoms with Gasteiger partial charge in [0.2, 0.25) is 6.36 Å². The summed E-state index contributed by atoms with van der Waals surface area (Å²) in [6.45, 7) is 0. The van der Waals surface area contributed by atoms with Crippen LogP contribution in [0, 0.1) is 5.82 Å². The highest BCUT2D eigenvalue weighted by Gasteiger charge is 2.31. The molecule has 2 aromatic carbocycles. The number of rotatable bonds is 7. The second kappa shape index (κ2) is 9.86. The fourth-order valence-corrected chi connectivity index (χ4v) is 2.86. The maximum atomic E-state index is 13.7. The summed E-state index contributed by atoms with van der Waals surface area (Å²) >= 11 is 0. The molecule has 0 saturated carbocycles. The fourth-order valence-electron chi connectivity index (χ4n) is 2.86. The molecule has 0 bridgehead atoms. The normalized spacial score (nSPS) is 13.2. The van der Waals surface area contributed by atoms with Crippen LogP contribution in [0.1, 0.15) is 22.3 Å². The Kier molecular flexibility index (Phi) is 7.16. The Hall–Kier alpha value is -3.67. The first-order chi connectivity index (χ1) is 15.6. The predicted molar refractivity (Wildman–Crippen MR) is 105 cm³/mol. The molecule has 33 heavy (non-hydrogen) atoms. The molecule has 1 amide bonds. The number of nitrogens with zero attached hydrogens (tertiary/aromatic N) is 2. The summed E-state index contributed by atoms with van der Waals surface area (Å²) in [7, 11) is 0. The number of amides is 1. The number of aromatic nitrogens is 2. The largest absolute Gasteiger partial charge is 0.362 e. The second-order valence-electron chi connectivity index (χ2n) is 6.77. The molecule has 2 N–H and O–H groups in total. The molecule has 1 heterocycles. The minimum atomic E-state index is -3.50. The highest BCUT2D eigenvalue weighted by Crippen LogP contribution is 2.24. The van der Waals surface area contributed by atoms with Crippen LogP contribution in [-0.4, -0.2) is 39.6 Å². The van der Waals surface area contributed by atoms with E-state index in [0.29, 0.717) is 4.68 Å². The average Bonchev–Trinajstić information content (AvgIpc) is 2.77. The Morgan fingerprint density at radius 3 is 2.21 bits per heavy atom. The van der Waals surface area contributed by atoms with Gasteiger partial charge in [0.25, 0.3) is 24.3 Å². The first-order valence-corrected chi connectivity index (χ1v) is 9.28. The molecule has 0 aliphatic rings. The van der Waals surface area contributed by atoms with Gasteiger partial charge >= 0.3 is 0 Å². The van der Waals surface area contributed by atoms with Gasteiger partial charge in [-0.25, -0.2) is 26.3 Å². The number of halogens is 6. The van der Waals surface area contributed by atoms with Gasteiger partial charge < -0.3 is 10.4 Å². The van der Waals surface area contributed by atoms with Crippen molar-refractivity contribution in [2.75, 3.05) is 0 Å². The van der Waals surface area contributed by atoms with Crippen LogP contribution >= 0.6 is 0 Å². The van der Waals surface area contributed by atoms with Crippen LogP contribution in [0.4, 0.5) is 26.3 Å². The lowest BCUT2D eigenvalue weighted by Gasteiger charge is -2.18. The minimum absolute atomic E-state index is 0.126. The molecule has 3 aromatic rings. The monoisotopic (exact) mass is 471 g/mol. The summed E-state index contributed by atoms with van der Waals surface area (Å²) in [6, 6.07) is 7.36. The zero-order valence-corrected chi connectivity index (χ0v) is 16.4. The molecule has 3 rings (SSSR count). The summed E-state index contributed by atoms with van der Waals surface area (Å²) < 4.78 is 79.0. The summed E-state index contributed by atoms with van der Waals surface area (Å²) in [6.07, 6.45) is -9.38. The number of aliphatic hydroxyl groups excluding tert-OH is 1. The van der Waals surface area contributed by atoms with Gasteiger partial charge in [-0.05, 0) is 24.3 Å². The highest BCUT2D eigenvalue weighted by atomic mass is 19.3. The van der Waals surface area contributed by atoms with Gasteiger partial charge in [-0.3, -0.25) is 9.59 Å². The van der Waals surface area contributed by atoms with Crippen LogP contribution in [0.2, 0.25) is 0 Å². The number of hydrogen-bond acceptors (Lipinski definition) is 4. The minimum Gasteiger partial charge on any atom is -0.362 e. The lowest BCUT2D eigenvalue weighted by molar-refractivity contribution is -0.0481. The Morgan fingerprint density at radius 2 is 1.67 bits per heavy atom. The van der Waals surface area contributed by atoms with E-state index in [1.807, 2.05) is 0 Å². The molecule has 0 saturated heterocycles. The Labute approximate surface area is 182 Å². The van der Waals surface area contributed by atoms with Crippen molar-refractivity contribution < 1.29 is 36.2 Å². The third kappa shape index (κ3) is 5.40. The molecule has 1 unspecified atom stereocenters. The molecular formula is C21H15F6N3O3. The van der Waals surface area contributed by atoms with Crippen molar-refractivity contribution >= 4 is 5.91 Å². The molecule has 12 heteroatoms. The van der Waals surface area contributed by atoms with E-state index in [-0.39, 0.29) is 22.5 Å². The first kappa shape index (κ1) is 24.0. The number of nitrogens with one attached hydrogen (secondary N) is 1. The van der Waals surface area contributed by atoms with Crippen molar-refractivity contribution in [1.82, 2.24) is 15.1 Å². The maximum absolute atomic E-state index is 13.7. The first-order valence-electron chi connectivity index (χ1n) is 9.28. The second-order valence-corrected chi connectivity index (χ2v) is 6.77. The van der Waals surface area contributed by atoms with Gasteiger partial charge in [-0.2, -0.15) is 9.78 Å². The maximum Gasteiger partial charge on any atom is 0.284 e. The summed E-state index contributed by atoms with van der Waals surface area (Å²) in [5.74, 6) is -2.21. The number of benzene rings is 2. The lowest BCUT2D eigenvalue weighted by Crippen LogP contribution is -2.48. The molecule has 0 aliphatic carbocycles. The molecule has 0 fully saturated rings. The van der Waals surface area contributed by atoms with Crippen molar-refractivity contribution in [2.24, 2.45) is 0 Å².